The molecule has 1 aromatic heterocycles. The lowest BCUT2D eigenvalue weighted by Crippen LogP contribution is -2.04. The van der Waals surface area contributed by atoms with Crippen LogP contribution in [0.15, 0.2) is 67.4 Å². The van der Waals surface area contributed by atoms with Crippen LogP contribution in [-0.2, 0) is 19.1 Å². The quantitative estimate of drug-likeness (QED) is 0.565. The molecule has 1 nitrogen and oxygen atoms in total. The van der Waals surface area contributed by atoms with E-state index in [1.165, 1.54) is 0 Å². The van der Waals surface area contributed by atoms with Crippen LogP contribution in [0, 0.1) is 0 Å². The highest BCUT2D eigenvalue weighted by Gasteiger charge is 2.29. The molecule has 2 aromatic carbocycles. The predicted octanol–water partition coefficient (Wildman–Crippen LogP) is 5.44. The average Bonchev–Trinajstić information content (AvgIpc) is 2.86. The highest BCUT2D eigenvalue weighted by Crippen LogP contribution is 2.30. The van der Waals surface area contributed by atoms with Crippen molar-refractivity contribution in [3.8, 4) is 0 Å². The minimum Gasteiger partial charge on any atom is -0.343 e. The number of benzene rings is 2. The first-order valence-corrected chi connectivity index (χ1v) is 7.33. The molecule has 0 spiro atoms. The second kappa shape index (κ2) is 5.95. The molecule has 0 aliphatic heterocycles. The number of fused-ring (bicyclic) bond motifs is 1. The Balaban J connectivity index is 1.94. The fraction of sp³-hybridized carbons (Fsp3) is 0.158. The van der Waals surface area contributed by atoms with Crippen molar-refractivity contribution >= 4 is 10.9 Å². The van der Waals surface area contributed by atoms with Crippen LogP contribution in [0.4, 0.5) is 13.2 Å². The summed E-state index contributed by atoms with van der Waals surface area (Å²) in [5, 5.41) is 1.12. The summed E-state index contributed by atoms with van der Waals surface area (Å²) >= 11 is 0. The lowest BCUT2D eigenvalue weighted by atomic mass is 10.0. The predicted molar refractivity (Wildman–Crippen MR) is 86.4 cm³/mol. The van der Waals surface area contributed by atoms with Crippen molar-refractivity contribution in [3.05, 3.63) is 84.1 Å². The summed E-state index contributed by atoms with van der Waals surface area (Å²) < 4.78 is 40.0. The lowest BCUT2D eigenvalue weighted by molar-refractivity contribution is -0.137. The second-order valence-electron chi connectivity index (χ2n) is 5.48. The molecule has 0 aliphatic carbocycles. The SMILES string of the molecule is C=CCn1cc(Cc2ccc(C(F)(F)F)cc2)c2ccccc21. The van der Waals surface area contributed by atoms with Crippen LogP contribution in [0.1, 0.15) is 16.7 Å². The van der Waals surface area contributed by atoms with Crippen molar-refractivity contribution < 1.29 is 13.2 Å². The lowest BCUT2D eigenvalue weighted by Gasteiger charge is -2.07. The molecule has 0 amide bonds. The van der Waals surface area contributed by atoms with Gasteiger partial charge >= 0.3 is 6.18 Å². The van der Waals surface area contributed by atoms with Crippen LogP contribution in [-0.4, -0.2) is 4.57 Å². The van der Waals surface area contributed by atoms with Crippen molar-refractivity contribution in [3.63, 3.8) is 0 Å². The van der Waals surface area contributed by atoms with Crippen molar-refractivity contribution in [2.75, 3.05) is 0 Å². The number of aromatic nitrogens is 1. The van der Waals surface area contributed by atoms with Gasteiger partial charge < -0.3 is 4.57 Å². The number of alkyl halides is 3. The third kappa shape index (κ3) is 3.16. The maximum Gasteiger partial charge on any atom is 0.416 e. The molecule has 0 atom stereocenters. The summed E-state index contributed by atoms with van der Waals surface area (Å²) in [4.78, 5) is 0. The van der Waals surface area contributed by atoms with Gasteiger partial charge in [0.2, 0.25) is 0 Å². The summed E-state index contributed by atoms with van der Waals surface area (Å²) in [6, 6.07) is 13.4. The molecular formula is C19H16F3N. The molecule has 3 aromatic rings. The molecule has 0 bridgehead atoms. The number of allylic oxidation sites excluding steroid dienone is 1. The Morgan fingerprint density at radius 2 is 1.70 bits per heavy atom. The zero-order valence-corrected chi connectivity index (χ0v) is 12.5. The Morgan fingerprint density at radius 1 is 1.00 bits per heavy atom. The minimum atomic E-state index is -4.29. The van der Waals surface area contributed by atoms with E-state index >= 15 is 0 Å². The highest BCUT2D eigenvalue weighted by atomic mass is 19.4. The molecule has 0 fully saturated rings. The standard InChI is InChI=1S/C19H16F3N/c1-2-11-23-13-15(17-5-3-4-6-18(17)23)12-14-7-9-16(10-8-14)19(20,21)22/h2-10,13H,1,11-12H2. The molecule has 3 rings (SSSR count). The first-order chi connectivity index (χ1) is 11.0. The third-order valence-electron chi connectivity index (χ3n) is 3.87. The molecule has 0 aliphatic rings. The van der Waals surface area contributed by atoms with Gasteiger partial charge in [0, 0.05) is 23.6 Å². The fourth-order valence-corrected chi connectivity index (χ4v) is 2.79. The number of rotatable bonds is 4. The fourth-order valence-electron chi connectivity index (χ4n) is 2.79. The van der Waals surface area contributed by atoms with Gasteiger partial charge in [-0.3, -0.25) is 0 Å². The van der Waals surface area contributed by atoms with Gasteiger partial charge in [-0.15, -0.1) is 6.58 Å². The van der Waals surface area contributed by atoms with Crippen LogP contribution in [0.2, 0.25) is 0 Å². The van der Waals surface area contributed by atoms with E-state index in [2.05, 4.69) is 11.1 Å². The first kappa shape index (κ1) is 15.4. The Hall–Kier alpha value is -2.49. The Labute approximate surface area is 132 Å². The Morgan fingerprint density at radius 3 is 2.35 bits per heavy atom. The van der Waals surface area contributed by atoms with Gasteiger partial charge in [-0.05, 0) is 35.7 Å². The van der Waals surface area contributed by atoms with E-state index in [0.717, 1.165) is 34.2 Å². The van der Waals surface area contributed by atoms with Crippen molar-refractivity contribution in [2.45, 2.75) is 19.1 Å². The van der Waals surface area contributed by atoms with Crippen molar-refractivity contribution in [1.82, 2.24) is 4.57 Å². The average molecular weight is 315 g/mol. The number of para-hydroxylation sites is 1. The van der Waals surface area contributed by atoms with Gasteiger partial charge in [0.25, 0.3) is 0 Å². The summed E-state index contributed by atoms with van der Waals surface area (Å²) in [6.45, 7) is 4.46. The largest absolute Gasteiger partial charge is 0.416 e. The normalized spacial score (nSPS) is 11.8. The van der Waals surface area contributed by atoms with Gasteiger partial charge in [-0.1, -0.05) is 36.4 Å². The molecular weight excluding hydrogens is 299 g/mol. The number of halogens is 3. The minimum absolute atomic E-state index is 0.600. The van der Waals surface area contributed by atoms with Gasteiger partial charge in [0.15, 0.2) is 0 Å². The molecule has 23 heavy (non-hydrogen) atoms. The monoisotopic (exact) mass is 315 g/mol. The van der Waals surface area contributed by atoms with E-state index < -0.39 is 11.7 Å². The van der Waals surface area contributed by atoms with Crippen LogP contribution in [0.3, 0.4) is 0 Å². The maximum atomic E-state index is 12.6. The molecule has 0 radical (unpaired) electrons. The van der Waals surface area contributed by atoms with E-state index in [1.54, 1.807) is 12.1 Å². The Bertz CT molecular complexity index is 826. The van der Waals surface area contributed by atoms with Crippen LogP contribution in [0.25, 0.3) is 10.9 Å². The summed E-state index contributed by atoms with van der Waals surface area (Å²) in [7, 11) is 0. The molecule has 0 saturated carbocycles. The third-order valence-corrected chi connectivity index (χ3v) is 3.87. The zero-order valence-electron chi connectivity index (χ0n) is 12.5. The molecule has 1 heterocycles. The number of nitrogens with zero attached hydrogens (tertiary/aromatic N) is 1. The highest BCUT2D eigenvalue weighted by molar-refractivity contribution is 5.84. The first-order valence-electron chi connectivity index (χ1n) is 7.33. The van der Waals surface area contributed by atoms with Crippen molar-refractivity contribution in [2.24, 2.45) is 0 Å². The smallest absolute Gasteiger partial charge is 0.343 e. The van der Waals surface area contributed by atoms with E-state index in [9.17, 15) is 13.2 Å². The zero-order chi connectivity index (χ0) is 16.4. The number of hydrogen-bond donors (Lipinski definition) is 0. The van der Waals surface area contributed by atoms with E-state index in [1.807, 2.05) is 36.5 Å². The maximum absolute atomic E-state index is 12.6. The van der Waals surface area contributed by atoms with Gasteiger partial charge in [-0.2, -0.15) is 13.2 Å². The molecule has 0 N–H and O–H groups in total. The van der Waals surface area contributed by atoms with E-state index in [0.29, 0.717) is 13.0 Å². The molecule has 4 heteroatoms. The molecule has 118 valence electrons. The summed E-state index contributed by atoms with van der Waals surface area (Å²) in [6.07, 6.45) is 0.180. The molecule has 0 unspecified atom stereocenters. The van der Waals surface area contributed by atoms with Crippen molar-refractivity contribution in [1.29, 1.82) is 0 Å². The topological polar surface area (TPSA) is 4.93 Å². The summed E-state index contributed by atoms with van der Waals surface area (Å²) in [5.74, 6) is 0. The second-order valence-corrected chi connectivity index (χ2v) is 5.48. The van der Waals surface area contributed by atoms with Crippen LogP contribution < -0.4 is 0 Å². The molecule has 0 saturated heterocycles. The van der Waals surface area contributed by atoms with E-state index in [-0.39, 0.29) is 0 Å². The Kier molecular flexibility index (Phi) is 3.99. The van der Waals surface area contributed by atoms with Crippen LogP contribution >= 0.6 is 0 Å². The van der Waals surface area contributed by atoms with Gasteiger partial charge in [0.05, 0.1) is 5.56 Å². The number of hydrogen-bond acceptors (Lipinski definition) is 0. The van der Waals surface area contributed by atoms with Crippen LogP contribution in [0.5, 0.6) is 0 Å². The van der Waals surface area contributed by atoms with E-state index in [4.69, 9.17) is 0 Å². The summed E-state index contributed by atoms with van der Waals surface area (Å²) in [5.41, 5.74) is 2.45. The van der Waals surface area contributed by atoms with Gasteiger partial charge in [-0.25, -0.2) is 0 Å². The van der Waals surface area contributed by atoms with Gasteiger partial charge in [0.1, 0.15) is 0 Å².